The van der Waals surface area contributed by atoms with E-state index in [1.807, 2.05) is 4.52 Å². The number of pyridine rings is 1. The lowest BCUT2D eigenvalue weighted by Crippen LogP contribution is -2.34. The number of rotatable bonds is 4. The summed E-state index contributed by atoms with van der Waals surface area (Å²) in [5, 5.41) is 17.3. The molecular weight excluding hydrogens is 252 g/mol. The van der Waals surface area contributed by atoms with Gasteiger partial charge in [0.1, 0.15) is 6.33 Å². The molecule has 2 aromatic heterocycles. The molecule has 2 rings (SSSR count). The largest absolute Gasteiger partial charge is 0.389 e. The Morgan fingerprint density at radius 3 is 2.50 bits per heavy atom. The van der Waals surface area contributed by atoms with Gasteiger partial charge in [0.2, 0.25) is 0 Å². The SMILES string of the molecule is CC(C)(O)CNCc1ccc(C(C)(C)C)c2ncnn12. The predicted molar refractivity (Wildman–Crippen MR) is 79.7 cm³/mol. The van der Waals surface area contributed by atoms with Crippen molar-refractivity contribution >= 4 is 5.65 Å². The van der Waals surface area contributed by atoms with E-state index in [9.17, 15) is 5.11 Å². The lowest BCUT2D eigenvalue weighted by molar-refractivity contribution is 0.0793. The third-order valence-corrected chi connectivity index (χ3v) is 3.17. The van der Waals surface area contributed by atoms with Gasteiger partial charge in [0.15, 0.2) is 5.65 Å². The van der Waals surface area contributed by atoms with Crippen LogP contribution < -0.4 is 5.32 Å². The molecule has 0 fully saturated rings. The highest BCUT2D eigenvalue weighted by Gasteiger charge is 2.20. The van der Waals surface area contributed by atoms with E-state index >= 15 is 0 Å². The van der Waals surface area contributed by atoms with Gasteiger partial charge < -0.3 is 10.4 Å². The van der Waals surface area contributed by atoms with Gasteiger partial charge in [-0.3, -0.25) is 0 Å². The molecule has 0 bridgehead atoms. The molecule has 110 valence electrons. The molecule has 5 heteroatoms. The fourth-order valence-electron chi connectivity index (χ4n) is 2.18. The van der Waals surface area contributed by atoms with Gasteiger partial charge in [-0.25, -0.2) is 9.50 Å². The van der Waals surface area contributed by atoms with E-state index in [0.29, 0.717) is 13.1 Å². The predicted octanol–water partition coefficient (Wildman–Crippen LogP) is 1.89. The zero-order valence-corrected chi connectivity index (χ0v) is 12.9. The Morgan fingerprint density at radius 1 is 1.20 bits per heavy atom. The minimum Gasteiger partial charge on any atom is -0.389 e. The van der Waals surface area contributed by atoms with Crippen molar-refractivity contribution in [2.45, 2.75) is 52.2 Å². The van der Waals surface area contributed by atoms with Crippen molar-refractivity contribution in [1.82, 2.24) is 19.9 Å². The van der Waals surface area contributed by atoms with Crippen molar-refractivity contribution in [3.63, 3.8) is 0 Å². The first kappa shape index (κ1) is 14.9. The molecule has 0 aliphatic carbocycles. The molecule has 0 aromatic carbocycles. The van der Waals surface area contributed by atoms with E-state index in [-0.39, 0.29) is 5.41 Å². The van der Waals surface area contributed by atoms with Crippen LogP contribution in [0.5, 0.6) is 0 Å². The number of hydrogen-bond donors (Lipinski definition) is 2. The van der Waals surface area contributed by atoms with Gasteiger partial charge in [-0.1, -0.05) is 26.8 Å². The number of nitrogens with one attached hydrogen (secondary N) is 1. The monoisotopic (exact) mass is 276 g/mol. The summed E-state index contributed by atoms with van der Waals surface area (Å²) in [7, 11) is 0. The molecule has 20 heavy (non-hydrogen) atoms. The Balaban J connectivity index is 2.27. The van der Waals surface area contributed by atoms with Gasteiger partial charge in [-0.15, -0.1) is 0 Å². The van der Waals surface area contributed by atoms with Crippen LogP contribution in [0.25, 0.3) is 5.65 Å². The first-order valence-corrected chi connectivity index (χ1v) is 6.94. The van der Waals surface area contributed by atoms with Crippen LogP contribution in [0.1, 0.15) is 45.9 Å². The summed E-state index contributed by atoms with van der Waals surface area (Å²) in [5.41, 5.74) is 2.44. The molecule has 0 aliphatic heterocycles. The molecule has 2 N–H and O–H groups in total. The Kier molecular flexibility index (Phi) is 3.84. The van der Waals surface area contributed by atoms with Gasteiger partial charge in [0.25, 0.3) is 0 Å². The summed E-state index contributed by atoms with van der Waals surface area (Å²) in [4.78, 5) is 4.38. The first-order valence-electron chi connectivity index (χ1n) is 6.94. The van der Waals surface area contributed by atoms with Crippen molar-refractivity contribution in [2.75, 3.05) is 6.54 Å². The number of nitrogens with zero attached hydrogens (tertiary/aromatic N) is 3. The third kappa shape index (κ3) is 3.35. The number of hydrogen-bond acceptors (Lipinski definition) is 4. The lowest BCUT2D eigenvalue weighted by Gasteiger charge is -2.21. The summed E-state index contributed by atoms with van der Waals surface area (Å²) in [6.07, 6.45) is 1.59. The number of aliphatic hydroxyl groups is 1. The van der Waals surface area contributed by atoms with Crippen molar-refractivity contribution < 1.29 is 5.11 Å². The van der Waals surface area contributed by atoms with E-state index in [2.05, 4.69) is 48.3 Å². The number of fused-ring (bicyclic) bond motifs is 1. The van der Waals surface area contributed by atoms with E-state index in [4.69, 9.17) is 0 Å². The molecule has 0 saturated carbocycles. The Labute approximate surface area is 120 Å². The quantitative estimate of drug-likeness (QED) is 0.895. The van der Waals surface area contributed by atoms with Crippen LogP contribution in [-0.4, -0.2) is 31.9 Å². The fourth-order valence-corrected chi connectivity index (χ4v) is 2.18. The number of aromatic nitrogens is 3. The minimum absolute atomic E-state index is 0.0351. The van der Waals surface area contributed by atoms with Gasteiger partial charge >= 0.3 is 0 Å². The maximum Gasteiger partial charge on any atom is 0.159 e. The van der Waals surface area contributed by atoms with E-state index in [1.54, 1.807) is 20.2 Å². The molecule has 2 heterocycles. The molecule has 0 atom stereocenters. The van der Waals surface area contributed by atoms with Crippen LogP contribution in [0.3, 0.4) is 0 Å². The minimum atomic E-state index is -0.715. The van der Waals surface area contributed by atoms with Crippen molar-refractivity contribution in [1.29, 1.82) is 0 Å². The van der Waals surface area contributed by atoms with Gasteiger partial charge in [0, 0.05) is 18.7 Å². The van der Waals surface area contributed by atoms with Crippen LogP contribution in [0.2, 0.25) is 0 Å². The molecule has 2 aromatic rings. The second-order valence-electron chi connectivity index (χ2n) is 6.90. The molecule has 0 aliphatic rings. The Hall–Kier alpha value is -1.46. The van der Waals surface area contributed by atoms with Crippen LogP contribution in [0.15, 0.2) is 18.5 Å². The highest BCUT2D eigenvalue weighted by Crippen LogP contribution is 2.25. The van der Waals surface area contributed by atoms with Gasteiger partial charge in [-0.2, -0.15) is 5.10 Å². The second-order valence-corrected chi connectivity index (χ2v) is 6.90. The zero-order chi connectivity index (χ0) is 15.0. The smallest absolute Gasteiger partial charge is 0.159 e. The molecule has 0 unspecified atom stereocenters. The van der Waals surface area contributed by atoms with Crippen LogP contribution in [0.4, 0.5) is 0 Å². The molecule has 0 saturated heterocycles. The molecule has 0 radical (unpaired) electrons. The fraction of sp³-hybridized carbons (Fsp3) is 0.600. The average molecular weight is 276 g/mol. The average Bonchev–Trinajstić information content (AvgIpc) is 2.74. The van der Waals surface area contributed by atoms with E-state index < -0.39 is 5.60 Å². The second kappa shape index (κ2) is 5.14. The summed E-state index contributed by atoms with van der Waals surface area (Å²) in [5.74, 6) is 0. The normalized spacial score (nSPS) is 13.1. The maximum absolute atomic E-state index is 9.72. The Morgan fingerprint density at radius 2 is 1.90 bits per heavy atom. The van der Waals surface area contributed by atoms with Crippen molar-refractivity contribution in [3.8, 4) is 0 Å². The Bertz CT molecular complexity index is 590. The van der Waals surface area contributed by atoms with Crippen LogP contribution >= 0.6 is 0 Å². The summed E-state index contributed by atoms with van der Waals surface area (Å²) >= 11 is 0. The van der Waals surface area contributed by atoms with E-state index in [0.717, 1.165) is 11.3 Å². The van der Waals surface area contributed by atoms with Gasteiger partial charge in [-0.05, 0) is 25.3 Å². The van der Waals surface area contributed by atoms with E-state index in [1.165, 1.54) is 5.56 Å². The summed E-state index contributed by atoms with van der Waals surface area (Å²) in [6.45, 7) is 11.3. The van der Waals surface area contributed by atoms with Crippen molar-refractivity contribution in [3.05, 3.63) is 29.7 Å². The van der Waals surface area contributed by atoms with Gasteiger partial charge in [0.05, 0.1) is 11.3 Å². The maximum atomic E-state index is 9.72. The topological polar surface area (TPSA) is 62.5 Å². The highest BCUT2D eigenvalue weighted by atomic mass is 16.3. The molecular formula is C15H24N4O. The van der Waals surface area contributed by atoms with Crippen LogP contribution in [-0.2, 0) is 12.0 Å². The van der Waals surface area contributed by atoms with Crippen LogP contribution in [0, 0.1) is 0 Å². The summed E-state index contributed by atoms with van der Waals surface area (Å²) < 4.78 is 1.87. The lowest BCUT2D eigenvalue weighted by atomic mass is 9.87. The van der Waals surface area contributed by atoms with Crippen molar-refractivity contribution in [2.24, 2.45) is 0 Å². The molecule has 5 nitrogen and oxygen atoms in total. The highest BCUT2D eigenvalue weighted by molar-refractivity contribution is 5.51. The first-order chi connectivity index (χ1) is 9.18. The molecule has 0 spiro atoms. The molecule has 0 amide bonds. The zero-order valence-electron chi connectivity index (χ0n) is 12.9. The third-order valence-electron chi connectivity index (χ3n) is 3.17. The standard InChI is InChI=1S/C15H24N4O/c1-14(2,3)12-7-6-11(8-16-9-15(4,5)20)19-13(12)17-10-18-19/h6-7,10,16,20H,8-9H2,1-5H3. The summed E-state index contributed by atoms with van der Waals surface area (Å²) in [6, 6.07) is 4.19.